The lowest BCUT2D eigenvalue weighted by Gasteiger charge is -2.24. The van der Waals surface area contributed by atoms with Gasteiger partial charge in [0.15, 0.2) is 23.4 Å². The van der Waals surface area contributed by atoms with Gasteiger partial charge in [-0.15, -0.1) is 10.2 Å². The predicted octanol–water partition coefficient (Wildman–Crippen LogP) is 5.05. The molecule has 0 radical (unpaired) electrons. The van der Waals surface area contributed by atoms with E-state index in [9.17, 15) is 0 Å². The van der Waals surface area contributed by atoms with Gasteiger partial charge in [-0.2, -0.15) is 9.61 Å². The number of para-hydroxylation sites is 2. The Morgan fingerprint density at radius 1 is 1.03 bits per heavy atom. The third-order valence-corrected chi connectivity index (χ3v) is 6.40. The fraction of sp³-hybridized carbons (Fsp3) is 0.348. The van der Waals surface area contributed by atoms with Crippen LogP contribution < -0.4 is 9.47 Å². The fourth-order valence-corrected chi connectivity index (χ4v) is 4.65. The molecule has 2 aromatic heterocycles. The number of rotatable bonds is 5. The third-order valence-electron chi connectivity index (χ3n) is 5.32. The quantitative estimate of drug-likeness (QED) is 0.452. The molecule has 0 saturated carbocycles. The number of nitrogens with zero attached hydrogens (tertiary/aromatic N) is 4. The summed E-state index contributed by atoms with van der Waals surface area (Å²) in [6.45, 7) is 7.05. The summed E-state index contributed by atoms with van der Waals surface area (Å²) in [4.78, 5) is 0.769. The lowest BCUT2D eigenvalue weighted by Crippen LogP contribution is -2.23. The summed E-state index contributed by atoms with van der Waals surface area (Å²) in [5.74, 6) is 2.98. The van der Waals surface area contributed by atoms with Crippen LogP contribution in [0.5, 0.6) is 11.5 Å². The van der Waals surface area contributed by atoms with Crippen molar-refractivity contribution >= 4 is 16.3 Å². The minimum atomic E-state index is -0.338. The zero-order valence-electron chi connectivity index (χ0n) is 17.3. The van der Waals surface area contributed by atoms with Crippen molar-refractivity contribution in [2.24, 2.45) is 5.92 Å². The van der Waals surface area contributed by atoms with Gasteiger partial charge in [0.05, 0.1) is 0 Å². The first-order chi connectivity index (χ1) is 14.6. The first-order valence-corrected chi connectivity index (χ1v) is 11.1. The Labute approximate surface area is 179 Å². The Bertz CT molecular complexity index is 1170. The highest BCUT2D eigenvalue weighted by Crippen LogP contribution is 2.36. The minimum Gasteiger partial charge on any atom is -0.485 e. The van der Waals surface area contributed by atoms with Gasteiger partial charge in [-0.05, 0) is 35.6 Å². The largest absolute Gasteiger partial charge is 0.485 e. The van der Waals surface area contributed by atoms with Crippen LogP contribution in [0, 0.1) is 5.92 Å². The van der Waals surface area contributed by atoms with Crippen molar-refractivity contribution in [3.63, 3.8) is 0 Å². The Kier molecular flexibility index (Phi) is 4.90. The summed E-state index contributed by atoms with van der Waals surface area (Å²) >= 11 is 1.57. The van der Waals surface area contributed by atoms with Gasteiger partial charge in [-0.3, -0.25) is 0 Å². The molecule has 1 aliphatic rings. The molecule has 30 heavy (non-hydrogen) atoms. The maximum atomic E-state index is 6.10. The van der Waals surface area contributed by atoms with Crippen LogP contribution in [0.2, 0.25) is 0 Å². The molecule has 4 aromatic rings. The molecule has 5 rings (SSSR count). The zero-order valence-corrected chi connectivity index (χ0v) is 18.1. The van der Waals surface area contributed by atoms with Gasteiger partial charge in [-0.25, -0.2) is 0 Å². The average molecular weight is 421 g/mol. The van der Waals surface area contributed by atoms with Crippen molar-refractivity contribution in [3.8, 4) is 11.5 Å². The molecule has 0 unspecified atom stereocenters. The van der Waals surface area contributed by atoms with Crippen molar-refractivity contribution in [3.05, 3.63) is 70.5 Å². The van der Waals surface area contributed by atoms with E-state index >= 15 is 0 Å². The summed E-state index contributed by atoms with van der Waals surface area (Å²) in [7, 11) is 0. The molecule has 0 amide bonds. The molecule has 6 nitrogen and oxygen atoms in total. The Hall–Kier alpha value is -2.93. The van der Waals surface area contributed by atoms with Crippen LogP contribution in [0.15, 0.2) is 48.5 Å². The second kappa shape index (κ2) is 7.72. The van der Waals surface area contributed by atoms with Gasteiger partial charge in [0.2, 0.25) is 4.96 Å². The Morgan fingerprint density at radius 3 is 2.57 bits per heavy atom. The standard InChI is InChI=1S/C23H24N4O2S/c1-14(2)12-16-8-10-17(11-9-16)15(3)22-26-27-21(24-25-23(27)30-22)20-13-28-18-6-4-5-7-19(18)29-20/h4-11,14-15,20H,12-13H2,1-3H3/t15-,20+/m1/s1. The van der Waals surface area contributed by atoms with Crippen LogP contribution in [0.3, 0.4) is 0 Å². The van der Waals surface area contributed by atoms with Crippen molar-refractivity contribution in [2.75, 3.05) is 6.61 Å². The van der Waals surface area contributed by atoms with Gasteiger partial charge in [-0.1, -0.05) is 68.5 Å². The molecule has 0 saturated heterocycles. The highest BCUT2D eigenvalue weighted by molar-refractivity contribution is 7.16. The zero-order chi connectivity index (χ0) is 20.7. The summed E-state index contributed by atoms with van der Waals surface area (Å²) < 4.78 is 13.7. The summed E-state index contributed by atoms with van der Waals surface area (Å²) in [5.41, 5.74) is 2.62. The maximum Gasteiger partial charge on any atom is 0.234 e. The van der Waals surface area contributed by atoms with Crippen molar-refractivity contribution in [2.45, 2.75) is 39.2 Å². The van der Waals surface area contributed by atoms with Crippen LogP contribution in [-0.2, 0) is 6.42 Å². The predicted molar refractivity (Wildman–Crippen MR) is 116 cm³/mol. The van der Waals surface area contributed by atoms with Crippen LogP contribution in [0.4, 0.5) is 0 Å². The fourth-order valence-electron chi connectivity index (χ4n) is 3.73. The molecule has 0 fully saturated rings. The van der Waals surface area contributed by atoms with Gasteiger partial charge in [0, 0.05) is 5.92 Å². The Morgan fingerprint density at radius 2 is 1.80 bits per heavy atom. The molecule has 0 aliphatic carbocycles. The number of aromatic nitrogens is 4. The number of hydrogen-bond acceptors (Lipinski definition) is 6. The smallest absolute Gasteiger partial charge is 0.234 e. The van der Waals surface area contributed by atoms with Gasteiger partial charge < -0.3 is 9.47 Å². The Balaban J connectivity index is 1.39. The van der Waals surface area contributed by atoms with Crippen LogP contribution >= 0.6 is 11.3 Å². The summed E-state index contributed by atoms with van der Waals surface area (Å²) in [6.07, 6.45) is 0.761. The number of benzene rings is 2. The monoisotopic (exact) mass is 420 g/mol. The summed E-state index contributed by atoms with van der Waals surface area (Å²) in [6, 6.07) is 16.5. The van der Waals surface area contributed by atoms with Crippen molar-refractivity contribution in [1.29, 1.82) is 0 Å². The van der Waals surface area contributed by atoms with Gasteiger partial charge in [0.1, 0.15) is 11.6 Å². The normalized spacial score (nSPS) is 16.9. The molecule has 0 spiro atoms. The SMILES string of the molecule is CC(C)Cc1ccc([C@@H](C)c2nn3c([C@@H]4COc5ccccc5O4)nnc3s2)cc1. The lowest BCUT2D eigenvalue weighted by atomic mass is 9.97. The van der Waals surface area contributed by atoms with E-state index < -0.39 is 0 Å². The van der Waals surface area contributed by atoms with E-state index in [0.29, 0.717) is 18.3 Å². The molecule has 2 aromatic carbocycles. The van der Waals surface area contributed by atoms with E-state index in [1.807, 2.05) is 24.3 Å². The molecule has 1 aliphatic heterocycles. The summed E-state index contributed by atoms with van der Waals surface area (Å²) in [5, 5.41) is 14.5. The third kappa shape index (κ3) is 3.54. The second-order valence-electron chi connectivity index (χ2n) is 8.12. The first-order valence-electron chi connectivity index (χ1n) is 10.3. The van der Waals surface area contributed by atoms with Crippen molar-refractivity contribution < 1.29 is 9.47 Å². The minimum absolute atomic E-state index is 0.182. The van der Waals surface area contributed by atoms with E-state index in [0.717, 1.165) is 27.9 Å². The maximum absolute atomic E-state index is 6.10. The average Bonchev–Trinajstić information content (AvgIpc) is 3.34. The van der Waals surface area contributed by atoms with E-state index in [4.69, 9.17) is 14.6 Å². The van der Waals surface area contributed by atoms with E-state index in [1.165, 1.54) is 11.1 Å². The molecule has 7 heteroatoms. The number of ether oxygens (including phenoxy) is 2. The number of hydrogen-bond donors (Lipinski definition) is 0. The molecular weight excluding hydrogens is 396 g/mol. The van der Waals surface area contributed by atoms with Gasteiger partial charge >= 0.3 is 0 Å². The molecule has 3 heterocycles. The molecule has 0 bridgehead atoms. The van der Waals surface area contributed by atoms with E-state index in [2.05, 4.69) is 55.2 Å². The highest BCUT2D eigenvalue weighted by atomic mass is 32.1. The molecular formula is C23H24N4O2S. The van der Waals surface area contributed by atoms with Crippen LogP contribution in [0.1, 0.15) is 54.8 Å². The van der Waals surface area contributed by atoms with E-state index in [1.54, 1.807) is 15.9 Å². The van der Waals surface area contributed by atoms with Gasteiger partial charge in [0.25, 0.3) is 0 Å². The first kappa shape index (κ1) is 19.1. The number of fused-ring (bicyclic) bond motifs is 2. The van der Waals surface area contributed by atoms with Crippen LogP contribution in [0.25, 0.3) is 4.96 Å². The van der Waals surface area contributed by atoms with E-state index in [-0.39, 0.29) is 12.0 Å². The molecule has 154 valence electrons. The van der Waals surface area contributed by atoms with Crippen LogP contribution in [-0.4, -0.2) is 26.4 Å². The topological polar surface area (TPSA) is 61.5 Å². The molecule has 0 N–H and O–H groups in total. The molecule has 2 atom stereocenters. The second-order valence-corrected chi connectivity index (χ2v) is 9.11. The highest BCUT2D eigenvalue weighted by Gasteiger charge is 2.28. The van der Waals surface area contributed by atoms with Crippen molar-refractivity contribution in [1.82, 2.24) is 19.8 Å². The lowest BCUT2D eigenvalue weighted by molar-refractivity contribution is 0.0836.